The minimum absolute atomic E-state index is 0. The van der Waals surface area contributed by atoms with Gasteiger partial charge in [-0.15, -0.1) is 0 Å². The average Bonchev–Trinajstić information content (AvgIpc) is 2.80. The van der Waals surface area contributed by atoms with Crippen LogP contribution in [0.15, 0.2) is 121 Å². The number of benzene rings is 4. The molecule has 4 aromatic rings. The summed E-state index contributed by atoms with van der Waals surface area (Å²) in [6.45, 7) is 0. The van der Waals surface area contributed by atoms with Crippen LogP contribution in [0.4, 0.5) is 0 Å². The second-order valence-electron chi connectivity index (χ2n) is 6.31. The summed E-state index contributed by atoms with van der Waals surface area (Å²) < 4.78 is 0. The summed E-state index contributed by atoms with van der Waals surface area (Å²) in [6.07, 6.45) is 8.48. The molecule has 0 saturated heterocycles. The van der Waals surface area contributed by atoms with E-state index in [0.29, 0.717) is 0 Å². The molecule has 0 saturated carbocycles. The molecule has 0 fully saturated rings. The quantitative estimate of drug-likeness (QED) is 0.251. The molecule has 0 aromatic heterocycles. The van der Waals surface area contributed by atoms with Gasteiger partial charge in [-0.1, -0.05) is 146 Å². The first-order valence-corrected chi connectivity index (χ1v) is 9.46. The van der Waals surface area contributed by atoms with Gasteiger partial charge < -0.3 is 2.85 Å². The second kappa shape index (κ2) is 13.3. The molecule has 0 aliphatic carbocycles. The summed E-state index contributed by atoms with van der Waals surface area (Å²) >= 11 is 0. The number of hydrogen-bond donors (Lipinski definition) is 0. The van der Waals surface area contributed by atoms with Crippen LogP contribution in [0.3, 0.4) is 0 Å². The van der Waals surface area contributed by atoms with Gasteiger partial charge in [-0.05, 0) is 22.3 Å². The van der Waals surface area contributed by atoms with Crippen molar-refractivity contribution >= 4 is 47.4 Å². The van der Waals surface area contributed by atoms with Gasteiger partial charge in [-0.25, -0.2) is 0 Å². The van der Waals surface area contributed by atoms with Crippen LogP contribution in [-0.2, 0) is 0 Å². The summed E-state index contributed by atoms with van der Waals surface area (Å²) in [6, 6.07) is 41.3. The van der Waals surface area contributed by atoms with Gasteiger partial charge in [0.2, 0.25) is 0 Å². The molecule has 4 aromatic carbocycles. The summed E-state index contributed by atoms with van der Waals surface area (Å²) in [5.41, 5.74) is 4.93. The maximum absolute atomic E-state index is 2.12. The first-order chi connectivity index (χ1) is 13.9. The van der Waals surface area contributed by atoms with E-state index in [4.69, 9.17) is 0 Å². The number of rotatable bonds is 4. The van der Waals surface area contributed by atoms with Crippen molar-refractivity contribution in [2.24, 2.45) is 0 Å². The van der Waals surface area contributed by atoms with Gasteiger partial charge in [-0.3, -0.25) is 0 Å². The van der Waals surface area contributed by atoms with E-state index in [1.54, 1.807) is 0 Å². The van der Waals surface area contributed by atoms with Gasteiger partial charge in [-0.2, -0.15) is 0 Å². The van der Waals surface area contributed by atoms with Crippen LogP contribution in [0.25, 0.3) is 24.3 Å². The molecular formula is C28H26Mg. The Bertz CT molecular complexity index is 816. The molecule has 0 heterocycles. The zero-order valence-electron chi connectivity index (χ0n) is 18.6. The zero-order chi connectivity index (χ0) is 19.3. The minimum Gasteiger partial charge on any atom is -1.00 e. The smallest absolute Gasteiger partial charge is 1.00 e. The Labute approximate surface area is 193 Å². The molecule has 140 valence electrons. The third-order valence-electron chi connectivity index (χ3n) is 4.13. The van der Waals surface area contributed by atoms with Gasteiger partial charge >= 0.3 is 23.1 Å². The van der Waals surface area contributed by atoms with Crippen LogP contribution in [0.2, 0.25) is 0 Å². The molecule has 0 nitrogen and oxygen atoms in total. The topological polar surface area (TPSA) is 0 Å². The molecule has 0 atom stereocenters. The molecule has 0 bridgehead atoms. The molecule has 1 heteroatoms. The zero-order valence-corrected chi connectivity index (χ0v) is 18.0. The Morgan fingerprint density at radius 3 is 0.655 bits per heavy atom. The fraction of sp³-hybridized carbons (Fsp3) is 0. The predicted molar refractivity (Wildman–Crippen MR) is 132 cm³/mol. The third-order valence-corrected chi connectivity index (χ3v) is 4.13. The fourth-order valence-corrected chi connectivity index (χ4v) is 2.64. The van der Waals surface area contributed by atoms with Gasteiger partial charge in [0.15, 0.2) is 0 Å². The third kappa shape index (κ3) is 8.78. The Morgan fingerprint density at radius 2 is 0.483 bits per heavy atom. The first kappa shape index (κ1) is 22.4. The maximum Gasteiger partial charge on any atom is 2.00 e. The van der Waals surface area contributed by atoms with E-state index < -0.39 is 0 Å². The molecule has 0 amide bonds. The monoisotopic (exact) mass is 386 g/mol. The molecule has 0 radical (unpaired) electrons. The van der Waals surface area contributed by atoms with E-state index in [0.717, 1.165) is 0 Å². The summed E-state index contributed by atoms with van der Waals surface area (Å²) in [5.74, 6) is 0. The van der Waals surface area contributed by atoms with E-state index in [9.17, 15) is 0 Å². The Morgan fingerprint density at radius 1 is 0.310 bits per heavy atom. The Hall–Kier alpha value is -2.87. The molecule has 0 aliphatic heterocycles. The van der Waals surface area contributed by atoms with Gasteiger partial charge in [0.05, 0.1) is 0 Å². The van der Waals surface area contributed by atoms with Gasteiger partial charge in [0, 0.05) is 0 Å². The normalized spacial score (nSPS) is 10.2. The maximum atomic E-state index is 2.12. The standard InChI is InChI=1S/2C14H12.Mg.2H/c2*1-3-7-13(8-4-1)11-12-14-9-5-2-6-10-14;;;/h2*1-12H;;;/q;;+2;2*-1. The second-order valence-corrected chi connectivity index (χ2v) is 6.31. The summed E-state index contributed by atoms with van der Waals surface area (Å²) in [7, 11) is 0. The Kier molecular flexibility index (Phi) is 10.3. The average molecular weight is 387 g/mol. The van der Waals surface area contributed by atoms with Crippen molar-refractivity contribution < 1.29 is 2.85 Å². The van der Waals surface area contributed by atoms with E-state index in [2.05, 4.69) is 72.8 Å². The van der Waals surface area contributed by atoms with Crippen LogP contribution in [0, 0.1) is 0 Å². The Balaban J connectivity index is 0.000000529. The van der Waals surface area contributed by atoms with E-state index in [1.165, 1.54) is 22.3 Å². The molecule has 4 rings (SSSR count). The largest absolute Gasteiger partial charge is 2.00 e. The van der Waals surface area contributed by atoms with Crippen LogP contribution in [-0.4, -0.2) is 23.1 Å². The van der Waals surface area contributed by atoms with Crippen molar-refractivity contribution in [1.82, 2.24) is 0 Å². The van der Waals surface area contributed by atoms with Crippen molar-refractivity contribution in [3.05, 3.63) is 144 Å². The molecule has 0 spiro atoms. The van der Waals surface area contributed by atoms with Crippen LogP contribution in [0.5, 0.6) is 0 Å². The SMILES string of the molecule is C(=Cc1ccccc1)c1ccccc1.C(=Cc1ccccc1)c1ccccc1.[H-].[H-].[Mg+2]. The van der Waals surface area contributed by atoms with E-state index in [-0.39, 0.29) is 25.9 Å². The number of hydrogen-bond acceptors (Lipinski definition) is 0. The predicted octanol–water partition coefficient (Wildman–Crippen LogP) is 7.56. The van der Waals surface area contributed by atoms with Crippen molar-refractivity contribution in [2.75, 3.05) is 0 Å². The molecule has 0 N–H and O–H groups in total. The molecule has 0 unspecified atom stereocenters. The summed E-state index contributed by atoms with van der Waals surface area (Å²) in [5, 5.41) is 0. The van der Waals surface area contributed by atoms with Crippen molar-refractivity contribution in [3.63, 3.8) is 0 Å². The molecular weight excluding hydrogens is 361 g/mol. The van der Waals surface area contributed by atoms with Gasteiger partial charge in [0.1, 0.15) is 0 Å². The van der Waals surface area contributed by atoms with E-state index in [1.807, 2.05) is 72.8 Å². The van der Waals surface area contributed by atoms with Crippen molar-refractivity contribution in [1.29, 1.82) is 0 Å². The molecule has 0 aliphatic rings. The van der Waals surface area contributed by atoms with Crippen molar-refractivity contribution in [2.45, 2.75) is 0 Å². The minimum atomic E-state index is 0. The molecule has 29 heavy (non-hydrogen) atoms. The fourth-order valence-electron chi connectivity index (χ4n) is 2.64. The first-order valence-electron chi connectivity index (χ1n) is 9.46. The van der Waals surface area contributed by atoms with Crippen LogP contribution >= 0.6 is 0 Å². The summed E-state index contributed by atoms with van der Waals surface area (Å²) in [4.78, 5) is 0. The van der Waals surface area contributed by atoms with Crippen LogP contribution < -0.4 is 0 Å². The van der Waals surface area contributed by atoms with Crippen molar-refractivity contribution in [3.8, 4) is 0 Å². The van der Waals surface area contributed by atoms with Crippen LogP contribution in [0.1, 0.15) is 25.1 Å². The van der Waals surface area contributed by atoms with Gasteiger partial charge in [0.25, 0.3) is 0 Å². The van der Waals surface area contributed by atoms with E-state index >= 15 is 0 Å².